The Labute approximate surface area is 118 Å². The van der Waals surface area contributed by atoms with Crippen molar-refractivity contribution in [3.05, 3.63) is 39.5 Å². The van der Waals surface area contributed by atoms with Gasteiger partial charge in [-0.05, 0) is 48.0 Å². The molecular weight excluding hydrogens is 346 g/mol. The summed E-state index contributed by atoms with van der Waals surface area (Å²) < 4.78 is 4.14. The number of halogens is 2. The van der Waals surface area contributed by atoms with Crippen molar-refractivity contribution in [2.24, 2.45) is 0 Å². The quantitative estimate of drug-likeness (QED) is 0.859. The average molecular weight is 359 g/mol. The minimum atomic E-state index is 0.380. The minimum Gasteiger partial charge on any atom is -0.325 e. The molecule has 2 rings (SSSR count). The molecule has 0 amide bonds. The van der Waals surface area contributed by atoms with E-state index in [9.17, 15) is 0 Å². The number of anilines is 2. The van der Waals surface area contributed by atoms with Crippen LogP contribution in [0.1, 0.15) is 19.9 Å². The van der Waals surface area contributed by atoms with Crippen molar-refractivity contribution in [1.29, 1.82) is 0 Å². The molecule has 0 spiro atoms. The third-order valence-corrected chi connectivity index (χ3v) is 3.58. The molecule has 1 heterocycles. The van der Waals surface area contributed by atoms with Gasteiger partial charge in [-0.2, -0.15) is 0 Å². The van der Waals surface area contributed by atoms with Crippen LogP contribution in [-0.2, 0) is 0 Å². The van der Waals surface area contributed by atoms with E-state index in [1.54, 1.807) is 6.20 Å². The number of benzene rings is 1. The molecule has 1 aromatic heterocycles. The largest absolute Gasteiger partial charge is 0.325 e. The van der Waals surface area contributed by atoms with Gasteiger partial charge in [0.05, 0.1) is 5.69 Å². The summed E-state index contributed by atoms with van der Waals surface area (Å²) in [4.78, 5) is 4.32. The van der Waals surface area contributed by atoms with Crippen molar-refractivity contribution in [2.45, 2.75) is 19.9 Å². The predicted octanol–water partition coefficient (Wildman–Crippen LogP) is 4.73. The lowest BCUT2D eigenvalue weighted by molar-refractivity contribution is 0.608. The Kier molecular flexibility index (Phi) is 3.89. The first-order chi connectivity index (χ1) is 8.08. The molecule has 17 heavy (non-hydrogen) atoms. The van der Waals surface area contributed by atoms with Crippen LogP contribution in [-0.4, -0.2) is 9.55 Å². The van der Waals surface area contributed by atoms with Crippen LogP contribution in [0.5, 0.6) is 0 Å². The molecule has 2 aromatic rings. The number of nitrogens with one attached hydrogen (secondary N) is 1. The summed E-state index contributed by atoms with van der Waals surface area (Å²) in [5.74, 6) is 0.846. The fourth-order valence-corrected chi connectivity index (χ4v) is 2.25. The van der Waals surface area contributed by atoms with E-state index < -0.39 is 0 Å². The summed E-state index contributed by atoms with van der Waals surface area (Å²) in [6.07, 6.45) is 3.77. The van der Waals surface area contributed by atoms with Crippen molar-refractivity contribution >= 4 is 43.5 Å². The number of nitrogens with zero attached hydrogens (tertiary/aromatic N) is 2. The highest BCUT2D eigenvalue weighted by Crippen LogP contribution is 2.29. The third-order valence-electron chi connectivity index (χ3n) is 2.40. The second kappa shape index (κ2) is 5.23. The summed E-state index contributed by atoms with van der Waals surface area (Å²) >= 11 is 6.98. The van der Waals surface area contributed by atoms with Crippen molar-refractivity contribution in [3.8, 4) is 0 Å². The Hall–Kier alpha value is -0.810. The lowest BCUT2D eigenvalue weighted by atomic mass is 10.3. The van der Waals surface area contributed by atoms with E-state index in [0.29, 0.717) is 6.04 Å². The molecule has 5 heteroatoms. The van der Waals surface area contributed by atoms with Crippen LogP contribution in [0.3, 0.4) is 0 Å². The molecule has 0 aliphatic carbocycles. The van der Waals surface area contributed by atoms with Crippen LogP contribution in [0, 0.1) is 0 Å². The molecule has 0 saturated carbocycles. The van der Waals surface area contributed by atoms with Gasteiger partial charge in [-0.25, -0.2) is 4.98 Å². The lowest BCUT2D eigenvalue weighted by Gasteiger charge is -2.13. The van der Waals surface area contributed by atoms with E-state index in [2.05, 4.69) is 60.6 Å². The molecular formula is C12H13Br2N3. The van der Waals surface area contributed by atoms with Gasteiger partial charge in [0, 0.05) is 27.4 Å². The molecule has 1 aromatic carbocycles. The van der Waals surface area contributed by atoms with Gasteiger partial charge in [-0.3, -0.25) is 0 Å². The van der Waals surface area contributed by atoms with Gasteiger partial charge in [0.1, 0.15) is 0 Å². The summed E-state index contributed by atoms with van der Waals surface area (Å²) in [6.45, 7) is 4.26. The summed E-state index contributed by atoms with van der Waals surface area (Å²) in [5.41, 5.74) is 0.993. The van der Waals surface area contributed by atoms with Crippen molar-refractivity contribution in [1.82, 2.24) is 9.55 Å². The van der Waals surface area contributed by atoms with E-state index in [4.69, 9.17) is 0 Å². The standard InChI is InChI=1S/C12H13Br2N3/c1-8(2)17-6-5-15-12(17)16-11-7-9(13)3-4-10(11)14/h3-8H,1-2H3,(H,15,16). The molecule has 0 fully saturated rings. The smallest absolute Gasteiger partial charge is 0.207 e. The molecule has 0 saturated heterocycles. The molecule has 1 N–H and O–H groups in total. The first-order valence-electron chi connectivity index (χ1n) is 5.33. The van der Waals surface area contributed by atoms with E-state index in [-0.39, 0.29) is 0 Å². The summed E-state index contributed by atoms with van der Waals surface area (Å²) in [6, 6.07) is 6.38. The number of hydrogen-bond acceptors (Lipinski definition) is 2. The third kappa shape index (κ3) is 2.90. The first kappa shape index (κ1) is 12.6. The minimum absolute atomic E-state index is 0.380. The number of imidazole rings is 1. The van der Waals surface area contributed by atoms with Gasteiger partial charge in [-0.15, -0.1) is 0 Å². The zero-order valence-electron chi connectivity index (χ0n) is 9.61. The van der Waals surface area contributed by atoms with Gasteiger partial charge < -0.3 is 9.88 Å². The van der Waals surface area contributed by atoms with Crippen LogP contribution in [0.15, 0.2) is 39.5 Å². The second-order valence-electron chi connectivity index (χ2n) is 4.00. The molecule has 0 aliphatic heterocycles. The zero-order chi connectivity index (χ0) is 12.4. The Morgan fingerprint density at radius 2 is 2.06 bits per heavy atom. The van der Waals surface area contributed by atoms with Crippen molar-refractivity contribution < 1.29 is 0 Å². The molecule has 0 aliphatic rings. The van der Waals surface area contributed by atoms with Crippen LogP contribution < -0.4 is 5.32 Å². The molecule has 0 bridgehead atoms. The van der Waals surface area contributed by atoms with Crippen LogP contribution in [0.2, 0.25) is 0 Å². The maximum atomic E-state index is 4.32. The normalized spacial score (nSPS) is 10.9. The molecule has 3 nitrogen and oxygen atoms in total. The van der Waals surface area contributed by atoms with E-state index in [1.807, 2.05) is 24.4 Å². The van der Waals surface area contributed by atoms with Crippen LogP contribution in [0.25, 0.3) is 0 Å². The van der Waals surface area contributed by atoms with E-state index in [0.717, 1.165) is 20.6 Å². The SMILES string of the molecule is CC(C)n1ccnc1Nc1cc(Br)ccc1Br. The van der Waals surface area contributed by atoms with Crippen molar-refractivity contribution in [2.75, 3.05) is 5.32 Å². The van der Waals surface area contributed by atoms with Gasteiger partial charge >= 0.3 is 0 Å². The molecule has 90 valence electrons. The Balaban J connectivity index is 2.31. The van der Waals surface area contributed by atoms with E-state index >= 15 is 0 Å². The van der Waals surface area contributed by atoms with Gasteiger partial charge in [0.15, 0.2) is 0 Å². The fraction of sp³-hybridized carbons (Fsp3) is 0.250. The summed E-state index contributed by atoms with van der Waals surface area (Å²) in [5, 5.41) is 3.32. The van der Waals surface area contributed by atoms with E-state index in [1.165, 1.54) is 0 Å². The number of rotatable bonds is 3. The van der Waals surface area contributed by atoms with Crippen LogP contribution >= 0.6 is 31.9 Å². The molecule has 0 unspecified atom stereocenters. The molecule has 0 atom stereocenters. The monoisotopic (exact) mass is 357 g/mol. The predicted molar refractivity (Wildman–Crippen MR) is 77.7 cm³/mol. The maximum Gasteiger partial charge on any atom is 0.207 e. The highest BCUT2D eigenvalue weighted by Gasteiger charge is 2.08. The summed E-state index contributed by atoms with van der Waals surface area (Å²) in [7, 11) is 0. The van der Waals surface area contributed by atoms with Gasteiger partial charge in [-0.1, -0.05) is 15.9 Å². The first-order valence-corrected chi connectivity index (χ1v) is 6.91. The Morgan fingerprint density at radius 3 is 2.76 bits per heavy atom. The van der Waals surface area contributed by atoms with Crippen LogP contribution in [0.4, 0.5) is 11.6 Å². The van der Waals surface area contributed by atoms with Gasteiger partial charge in [0.2, 0.25) is 5.95 Å². The second-order valence-corrected chi connectivity index (χ2v) is 5.77. The van der Waals surface area contributed by atoms with Gasteiger partial charge in [0.25, 0.3) is 0 Å². The van der Waals surface area contributed by atoms with Crippen molar-refractivity contribution in [3.63, 3.8) is 0 Å². The highest BCUT2D eigenvalue weighted by molar-refractivity contribution is 9.11. The topological polar surface area (TPSA) is 29.9 Å². The Morgan fingerprint density at radius 1 is 1.29 bits per heavy atom. The lowest BCUT2D eigenvalue weighted by Crippen LogP contribution is -2.05. The Bertz CT molecular complexity index is 520. The number of hydrogen-bond donors (Lipinski definition) is 1. The fourth-order valence-electron chi connectivity index (χ4n) is 1.54. The average Bonchev–Trinajstić information content (AvgIpc) is 2.71. The highest BCUT2D eigenvalue weighted by atomic mass is 79.9. The molecule has 0 radical (unpaired) electrons. The number of aromatic nitrogens is 2. The zero-order valence-corrected chi connectivity index (χ0v) is 12.8. The maximum absolute atomic E-state index is 4.32.